The van der Waals surface area contributed by atoms with E-state index in [1.54, 1.807) is 31.4 Å². The average molecular weight is 443 g/mol. The van der Waals surface area contributed by atoms with Crippen LogP contribution in [0.2, 0.25) is 0 Å². The molecule has 172 valence electrons. The number of amides is 3. The standard InChI is InChI=1S/C23H30N4O5/c1-14(19(28)25-22(31)26-23(2,3)4)32-21(30)15-10-11-16-17(13-15)24-18-9-7-5-6-8-12-27(18)20(16)29/h10-11,13-14H,5-9,12H2,1-4H3,(H2,25,26,28,31)/t14-/m1/s1. The number of imide groups is 1. The summed E-state index contributed by atoms with van der Waals surface area (Å²) in [5, 5.41) is 5.19. The second-order valence-corrected chi connectivity index (χ2v) is 9.12. The van der Waals surface area contributed by atoms with Gasteiger partial charge in [-0.15, -0.1) is 0 Å². The predicted octanol–water partition coefficient (Wildman–Crippen LogP) is 2.68. The van der Waals surface area contributed by atoms with Crippen LogP contribution in [0.1, 0.15) is 69.6 Å². The lowest BCUT2D eigenvalue weighted by Gasteiger charge is -2.21. The summed E-state index contributed by atoms with van der Waals surface area (Å²) in [6.45, 7) is 7.37. The minimum absolute atomic E-state index is 0.107. The van der Waals surface area contributed by atoms with Crippen LogP contribution in [0.3, 0.4) is 0 Å². The molecule has 3 amide bonds. The molecule has 2 heterocycles. The first-order valence-electron chi connectivity index (χ1n) is 10.9. The number of aryl methyl sites for hydroxylation is 1. The molecule has 0 fully saturated rings. The summed E-state index contributed by atoms with van der Waals surface area (Å²) in [6.07, 6.45) is 3.64. The number of ether oxygens (including phenoxy) is 1. The van der Waals surface area contributed by atoms with Gasteiger partial charge >= 0.3 is 12.0 Å². The third-order valence-electron chi connectivity index (χ3n) is 5.18. The van der Waals surface area contributed by atoms with Crippen molar-refractivity contribution in [1.29, 1.82) is 0 Å². The van der Waals surface area contributed by atoms with E-state index in [-0.39, 0.29) is 11.1 Å². The van der Waals surface area contributed by atoms with Crippen molar-refractivity contribution in [2.24, 2.45) is 0 Å². The molecule has 2 aromatic rings. The number of hydrogen-bond acceptors (Lipinski definition) is 6. The zero-order valence-electron chi connectivity index (χ0n) is 19.0. The molecule has 0 aliphatic carbocycles. The number of benzene rings is 1. The van der Waals surface area contributed by atoms with Gasteiger partial charge in [-0.05, 0) is 58.7 Å². The number of urea groups is 1. The number of rotatable bonds is 3. The van der Waals surface area contributed by atoms with Crippen molar-refractivity contribution in [2.45, 2.75) is 78.0 Å². The maximum Gasteiger partial charge on any atom is 0.338 e. The maximum atomic E-state index is 12.9. The number of esters is 1. The van der Waals surface area contributed by atoms with Gasteiger partial charge in [0, 0.05) is 18.5 Å². The van der Waals surface area contributed by atoms with Crippen LogP contribution < -0.4 is 16.2 Å². The molecule has 0 radical (unpaired) electrons. The molecule has 0 spiro atoms. The van der Waals surface area contributed by atoms with Crippen LogP contribution in [0.15, 0.2) is 23.0 Å². The van der Waals surface area contributed by atoms with Crippen LogP contribution in [0.5, 0.6) is 0 Å². The first-order valence-corrected chi connectivity index (χ1v) is 10.9. The molecular weight excluding hydrogens is 412 g/mol. The summed E-state index contributed by atoms with van der Waals surface area (Å²) >= 11 is 0. The Kier molecular flexibility index (Phi) is 6.96. The van der Waals surface area contributed by atoms with Gasteiger partial charge in [0.25, 0.3) is 11.5 Å². The summed E-state index contributed by atoms with van der Waals surface area (Å²) in [5.74, 6) is -0.747. The van der Waals surface area contributed by atoms with Gasteiger partial charge in [0.2, 0.25) is 0 Å². The van der Waals surface area contributed by atoms with Gasteiger partial charge in [-0.25, -0.2) is 14.6 Å². The van der Waals surface area contributed by atoms with Crippen molar-refractivity contribution in [3.63, 3.8) is 0 Å². The molecule has 1 aromatic heterocycles. The van der Waals surface area contributed by atoms with E-state index in [4.69, 9.17) is 4.74 Å². The number of carbonyl (C=O) groups excluding carboxylic acids is 3. The van der Waals surface area contributed by atoms with Crippen molar-refractivity contribution in [2.75, 3.05) is 0 Å². The van der Waals surface area contributed by atoms with Crippen LogP contribution in [-0.4, -0.2) is 39.1 Å². The molecule has 0 bridgehead atoms. The zero-order chi connectivity index (χ0) is 23.5. The Balaban J connectivity index is 1.75. The Morgan fingerprint density at radius 2 is 1.84 bits per heavy atom. The third-order valence-corrected chi connectivity index (χ3v) is 5.18. The summed E-state index contributed by atoms with van der Waals surface area (Å²) < 4.78 is 6.95. The summed E-state index contributed by atoms with van der Waals surface area (Å²) in [7, 11) is 0. The van der Waals surface area contributed by atoms with Gasteiger partial charge < -0.3 is 10.1 Å². The average Bonchev–Trinajstić information content (AvgIpc) is 2.67. The monoisotopic (exact) mass is 442 g/mol. The van der Waals surface area contributed by atoms with Crippen molar-refractivity contribution in [3.05, 3.63) is 39.9 Å². The maximum absolute atomic E-state index is 12.9. The van der Waals surface area contributed by atoms with E-state index < -0.39 is 29.6 Å². The molecule has 9 heteroatoms. The number of fused-ring (bicyclic) bond motifs is 2. The smallest absolute Gasteiger partial charge is 0.338 e. The van der Waals surface area contributed by atoms with Crippen LogP contribution in [0.25, 0.3) is 10.9 Å². The molecule has 1 aliphatic heterocycles. The second kappa shape index (κ2) is 9.50. The highest BCUT2D eigenvalue weighted by Crippen LogP contribution is 2.17. The van der Waals surface area contributed by atoms with E-state index in [1.807, 2.05) is 0 Å². The van der Waals surface area contributed by atoms with E-state index in [1.165, 1.54) is 19.1 Å². The molecule has 1 aromatic carbocycles. The van der Waals surface area contributed by atoms with Crippen LogP contribution in [-0.2, 0) is 22.5 Å². The molecule has 0 saturated heterocycles. The number of nitrogens with one attached hydrogen (secondary N) is 2. The van der Waals surface area contributed by atoms with Crippen molar-refractivity contribution in [3.8, 4) is 0 Å². The highest BCUT2D eigenvalue weighted by molar-refractivity contribution is 5.99. The third kappa shape index (κ3) is 5.72. The molecule has 3 rings (SSSR count). The Hall–Kier alpha value is -3.23. The fourth-order valence-electron chi connectivity index (χ4n) is 3.59. The van der Waals surface area contributed by atoms with Crippen molar-refractivity contribution < 1.29 is 19.1 Å². The molecule has 1 atom stereocenters. The van der Waals surface area contributed by atoms with E-state index in [9.17, 15) is 19.2 Å². The Labute approximate surface area is 186 Å². The first-order chi connectivity index (χ1) is 15.0. The quantitative estimate of drug-likeness (QED) is 0.706. The molecule has 0 saturated carbocycles. The van der Waals surface area contributed by atoms with Crippen molar-refractivity contribution in [1.82, 2.24) is 20.2 Å². The SMILES string of the molecule is C[C@@H](OC(=O)c1ccc2c(=O)n3c(nc2c1)CCCCCC3)C(=O)NC(=O)NC(C)(C)C. The molecule has 0 unspecified atom stereocenters. The number of carbonyl (C=O) groups is 3. The van der Waals surface area contributed by atoms with Gasteiger partial charge in [0.05, 0.1) is 16.5 Å². The zero-order valence-corrected chi connectivity index (χ0v) is 19.0. The molecule has 2 N–H and O–H groups in total. The highest BCUT2D eigenvalue weighted by Gasteiger charge is 2.23. The number of hydrogen-bond donors (Lipinski definition) is 2. The Morgan fingerprint density at radius 3 is 2.56 bits per heavy atom. The fraction of sp³-hybridized carbons (Fsp3) is 0.522. The molecule has 9 nitrogen and oxygen atoms in total. The van der Waals surface area contributed by atoms with E-state index >= 15 is 0 Å². The van der Waals surface area contributed by atoms with E-state index in [0.29, 0.717) is 23.9 Å². The Morgan fingerprint density at radius 1 is 1.12 bits per heavy atom. The number of nitrogens with zero attached hydrogens (tertiary/aromatic N) is 2. The summed E-state index contributed by atoms with van der Waals surface area (Å²) in [4.78, 5) is 54.1. The van der Waals surface area contributed by atoms with Crippen LogP contribution >= 0.6 is 0 Å². The van der Waals surface area contributed by atoms with Crippen LogP contribution in [0, 0.1) is 0 Å². The summed E-state index contributed by atoms with van der Waals surface area (Å²) in [6, 6.07) is 3.89. The number of aromatic nitrogens is 2. The van der Waals surface area contributed by atoms with Crippen molar-refractivity contribution >= 4 is 28.8 Å². The molecular formula is C23H30N4O5. The summed E-state index contributed by atoms with van der Waals surface area (Å²) in [5.41, 5.74) is -0.0142. The van der Waals surface area contributed by atoms with Gasteiger partial charge in [-0.1, -0.05) is 12.8 Å². The van der Waals surface area contributed by atoms with Gasteiger partial charge in [-0.2, -0.15) is 0 Å². The minimum Gasteiger partial charge on any atom is -0.449 e. The fourth-order valence-corrected chi connectivity index (χ4v) is 3.59. The largest absolute Gasteiger partial charge is 0.449 e. The second-order valence-electron chi connectivity index (χ2n) is 9.12. The van der Waals surface area contributed by atoms with Gasteiger partial charge in [0.1, 0.15) is 5.82 Å². The molecule has 32 heavy (non-hydrogen) atoms. The lowest BCUT2D eigenvalue weighted by molar-refractivity contribution is -0.127. The molecule has 1 aliphatic rings. The first kappa shape index (κ1) is 23.4. The van der Waals surface area contributed by atoms with Gasteiger partial charge in [-0.3, -0.25) is 19.5 Å². The van der Waals surface area contributed by atoms with E-state index in [0.717, 1.165) is 31.5 Å². The highest BCUT2D eigenvalue weighted by atomic mass is 16.5. The van der Waals surface area contributed by atoms with E-state index in [2.05, 4.69) is 15.6 Å². The topological polar surface area (TPSA) is 119 Å². The lowest BCUT2D eigenvalue weighted by Crippen LogP contribution is -2.50. The predicted molar refractivity (Wildman–Crippen MR) is 119 cm³/mol. The van der Waals surface area contributed by atoms with Gasteiger partial charge in [0.15, 0.2) is 6.10 Å². The minimum atomic E-state index is -1.18. The Bertz CT molecular complexity index is 1100. The normalized spacial score (nSPS) is 15.1. The van der Waals surface area contributed by atoms with Crippen LogP contribution in [0.4, 0.5) is 4.79 Å². The lowest BCUT2D eigenvalue weighted by atomic mass is 10.1.